The Labute approximate surface area is 348 Å². The minimum Gasteiger partial charge on any atom is -0.492 e. The number of piperazine rings is 1. The van der Waals surface area contributed by atoms with Crippen molar-refractivity contribution in [2.24, 2.45) is 0 Å². The zero-order chi connectivity index (χ0) is 42.9. The van der Waals surface area contributed by atoms with Crippen LogP contribution in [-0.2, 0) is 16.2 Å². The molecule has 4 aromatic carbocycles. The van der Waals surface area contributed by atoms with Crippen molar-refractivity contribution in [3.63, 3.8) is 0 Å². The lowest BCUT2D eigenvalue weighted by molar-refractivity contribution is -0.384. The smallest absolute Gasteiger partial charge is 0.416 e. The first kappa shape index (κ1) is 43.0. The first-order valence-electron chi connectivity index (χ1n) is 18.4. The monoisotopic (exact) mass is 858 g/mol. The Hall–Kier alpha value is -6.58. The molecule has 0 atom stereocenters. The number of anilines is 2. The van der Waals surface area contributed by atoms with Crippen molar-refractivity contribution >= 4 is 50.7 Å². The van der Waals surface area contributed by atoms with Crippen LogP contribution in [0.15, 0.2) is 119 Å². The lowest BCUT2D eigenvalue weighted by Crippen LogP contribution is -2.48. The Kier molecular flexibility index (Phi) is 13.6. The highest BCUT2D eigenvalue weighted by Crippen LogP contribution is 2.32. The first-order valence-corrected chi connectivity index (χ1v) is 20.9. The number of alkyl halides is 3. The molecule has 0 spiro atoms. The average molecular weight is 859 g/mol. The summed E-state index contributed by atoms with van der Waals surface area (Å²) in [5.74, 6) is 5.00. The SMILES string of the molecule is CCOc1cncc(C#Cc2cc(C(=O)N3CCN(c4ccc(C(=O)NS(=O)(=O)c5ccc(NCCSc6ccccc6)c([N+](=O)[O-])c5)cc4)CC3)cc(C(F)(F)F)c2)c1. The molecular weight excluding hydrogens is 822 g/mol. The van der Waals surface area contributed by atoms with Gasteiger partial charge in [-0.2, -0.15) is 13.2 Å². The molecule has 0 saturated carbocycles. The molecule has 1 fully saturated rings. The van der Waals surface area contributed by atoms with Gasteiger partial charge in [-0.1, -0.05) is 30.0 Å². The maximum absolute atomic E-state index is 13.9. The van der Waals surface area contributed by atoms with E-state index in [1.165, 1.54) is 47.6 Å². The van der Waals surface area contributed by atoms with E-state index in [0.717, 1.165) is 23.1 Å². The molecule has 1 aliphatic rings. The predicted molar refractivity (Wildman–Crippen MR) is 221 cm³/mol. The van der Waals surface area contributed by atoms with E-state index >= 15 is 0 Å². The largest absolute Gasteiger partial charge is 0.492 e. The van der Waals surface area contributed by atoms with Crippen molar-refractivity contribution in [2.45, 2.75) is 22.9 Å². The Balaban J connectivity index is 1.06. The summed E-state index contributed by atoms with van der Waals surface area (Å²) in [4.78, 5) is 45.6. The number of nitro benzene ring substituents is 1. The fourth-order valence-electron chi connectivity index (χ4n) is 6.13. The number of hydrogen-bond acceptors (Lipinski definition) is 11. The third kappa shape index (κ3) is 11.1. The summed E-state index contributed by atoms with van der Waals surface area (Å²) in [7, 11) is -4.50. The molecule has 5 aromatic rings. The van der Waals surface area contributed by atoms with Gasteiger partial charge in [0.2, 0.25) is 0 Å². The Morgan fingerprint density at radius 2 is 1.62 bits per heavy atom. The van der Waals surface area contributed by atoms with Gasteiger partial charge in [0, 0.05) is 83.6 Å². The summed E-state index contributed by atoms with van der Waals surface area (Å²) < 4.78 is 75.3. The normalized spacial score (nSPS) is 12.9. The van der Waals surface area contributed by atoms with E-state index in [1.807, 2.05) is 40.0 Å². The molecule has 2 amide bonds. The molecule has 0 radical (unpaired) electrons. The summed E-state index contributed by atoms with van der Waals surface area (Å²) in [6, 6.07) is 23.6. The molecule has 6 rings (SSSR count). The summed E-state index contributed by atoms with van der Waals surface area (Å²) in [5, 5.41) is 14.8. The topological polar surface area (TPSA) is 164 Å². The Morgan fingerprint density at radius 1 is 0.900 bits per heavy atom. The number of amides is 2. The highest BCUT2D eigenvalue weighted by Gasteiger charge is 2.33. The van der Waals surface area contributed by atoms with Crippen molar-refractivity contribution in [1.29, 1.82) is 0 Å². The van der Waals surface area contributed by atoms with Crippen LogP contribution >= 0.6 is 11.8 Å². The van der Waals surface area contributed by atoms with Gasteiger partial charge in [-0.25, -0.2) is 13.1 Å². The summed E-state index contributed by atoms with van der Waals surface area (Å²) >= 11 is 1.55. The van der Waals surface area contributed by atoms with Gasteiger partial charge in [0.05, 0.1) is 28.2 Å². The van der Waals surface area contributed by atoms with Crippen LogP contribution in [0.1, 0.15) is 44.3 Å². The molecule has 13 nitrogen and oxygen atoms in total. The number of nitrogens with one attached hydrogen (secondary N) is 2. The minimum atomic E-state index is -4.72. The predicted octanol–water partition coefficient (Wildman–Crippen LogP) is 7.09. The molecule has 1 aliphatic heterocycles. The highest BCUT2D eigenvalue weighted by molar-refractivity contribution is 7.99. The van der Waals surface area contributed by atoms with Gasteiger partial charge in [0.25, 0.3) is 27.5 Å². The second kappa shape index (κ2) is 19.0. The lowest BCUT2D eigenvalue weighted by Gasteiger charge is -2.36. The van der Waals surface area contributed by atoms with Crippen LogP contribution in [-0.4, -0.2) is 80.1 Å². The number of carbonyl (C=O) groups excluding carboxylic acids is 2. The van der Waals surface area contributed by atoms with Crippen molar-refractivity contribution in [3.8, 4) is 17.6 Å². The number of benzene rings is 4. The van der Waals surface area contributed by atoms with Crippen LogP contribution < -0.4 is 19.7 Å². The molecule has 1 aromatic heterocycles. The fraction of sp³-hybridized carbons (Fsp3) is 0.214. The molecule has 0 unspecified atom stereocenters. The van der Waals surface area contributed by atoms with Crippen LogP contribution in [0.5, 0.6) is 5.75 Å². The van der Waals surface area contributed by atoms with Gasteiger partial charge in [-0.3, -0.25) is 24.7 Å². The van der Waals surface area contributed by atoms with Crippen LogP contribution in [0.4, 0.5) is 30.2 Å². The average Bonchev–Trinajstić information content (AvgIpc) is 3.24. The number of hydrogen-bond donors (Lipinski definition) is 2. The molecular formula is C42H37F3N6O7S2. The number of rotatable bonds is 13. The van der Waals surface area contributed by atoms with Crippen molar-refractivity contribution in [3.05, 3.63) is 147 Å². The first-order chi connectivity index (χ1) is 28.7. The number of nitro groups is 1. The van der Waals surface area contributed by atoms with Crippen LogP contribution in [0.25, 0.3) is 0 Å². The number of aromatic nitrogens is 1. The second-order valence-electron chi connectivity index (χ2n) is 13.2. The van der Waals surface area contributed by atoms with Crippen LogP contribution in [0.3, 0.4) is 0 Å². The molecule has 310 valence electrons. The van der Waals surface area contributed by atoms with Crippen LogP contribution in [0.2, 0.25) is 0 Å². The number of nitrogens with zero attached hydrogens (tertiary/aromatic N) is 4. The second-order valence-corrected chi connectivity index (χ2v) is 16.0. The molecule has 60 heavy (non-hydrogen) atoms. The zero-order valence-corrected chi connectivity index (χ0v) is 33.6. The third-order valence-electron chi connectivity index (χ3n) is 9.08. The highest BCUT2D eigenvalue weighted by atomic mass is 32.2. The molecule has 2 N–H and O–H groups in total. The Morgan fingerprint density at radius 3 is 2.30 bits per heavy atom. The van der Waals surface area contributed by atoms with Crippen molar-refractivity contribution in [2.75, 3.05) is 55.3 Å². The fourth-order valence-corrected chi connectivity index (χ4v) is 7.91. The van der Waals surface area contributed by atoms with Crippen molar-refractivity contribution < 1.29 is 40.8 Å². The zero-order valence-electron chi connectivity index (χ0n) is 31.9. The number of ether oxygens (including phenoxy) is 1. The quantitative estimate of drug-likeness (QED) is 0.0409. The van der Waals surface area contributed by atoms with Gasteiger partial charge < -0.3 is 19.9 Å². The van der Waals surface area contributed by atoms with Gasteiger partial charge >= 0.3 is 6.18 Å². The van der Waals surface area contributed by atoms with E-state index in [1.54, 1.807) is 36.9 Å². The summed E-state index contributed by atoms with van der Waals surface area (Å²) in [5.41, 5.74) is -0.427. The van der Waals surface area contributed by atoms with E-state index < -0.39 is 49.1 Å². The van der Waals surface area contributed by atoms with Gasteiger partial charge in [0.1, 0.15) is 11.4 Å². The van der Waals surface area contributed by atoms with E-state index in [2.05, 4.69) is 22.1 Å². The number of pyridine rings is 1. The lowest BCUT2D eigenvalue weighted by atomic mass is 10.0. The van der Waals surface area contributed by atoms with E-state index in [9.17, 15) is 41.3 Å². The number of thioether (sulfide) groups is 1. The molecule has 18 heteroatoms. The Bertz CT molecular complexity index is 2540. The summed E-state index contributed by atoms with van der Waals surface area (Å²) in [6.45, 7) is 3.56. The number of halogens is 3. The van der Waals surface area contributed by atoms with E-state index in [4.69, 9.17) is 4.74 Å². The summed E-state index contributed by atoms with van der Waals surface area (Å²) in [6.07, 6.45) is -1.78. The van der Waals surface area contributed by atoms with Crippen LogP contribution in [0, 0.1) is 22.0 Å². The van der Waals surface area contributed by atoms with E-state index in [0.29, 0.717) is 49.0 Å². The van der Waals surface area contributed by atoms with Crippen molar-refractivity contribution in [1.82, 2.24) is 14.6 Å². The van der Waals surface area contributed by atoms with Gasteiger partial charge in [0.15, 0.2) is 0 Å². The third-order valence-corrected chi connectivity index (χ3v) is 11.4. The maximum atomic E-state index is 13.9. The molecule has 0 bridgehead atoms. The maximum Gasteiger partial charge on any atom is 0.416 e. The minimum absolute atomic E-state index is 0.00144. The van der Waals surface area contributed by atoms with E-state index in [-0.39, 0.29) is 35.5 Å². The standard InChI is InChI=1S/C42H37F3N6O7S2/c1-2-58-35-24-30(27-46-28-35)9-8-29-22-32(25-33(23-29)42(43,44)45)41(53)50-19-17-49(18-20-50)34-12-10-31(11-13-34)40(52)48-60(56,57)37-14-15-38(39(26-37)51(54)55)47-16-21-59-36-6-4-3-5-7-36/h3-7,10-15,22-28,47H,2,16-21H2,1H3,(H,48,52). The molecule has 0 aliphatic carbocycles. The molecule has 2 heterocycles. The number of carbonyl (C=O) groups is 2. The van der Waals surface area contributed by atoms with Gasteiger partial charge in [-0.05, 0) is 79.7 Å². The van der Waals surface area contributed by atoms with Gasteiger partial charge in [-0.15, -0.1) is 11.8 Å². The molecule has 1 saturated heterocycles. The number of sulfonamides is 1.